The monoisotopic (exact) mass is 412 g/mol. The van der Waals surface area contributed by atoms with Crippen molar-refractivity contribution in [2.45, 2.75) is 32.5 Å². The van der Waals surface area contributed by atoms with Gasteiger partial charge in [0.15, 0.2) is 5.75 Å². The minimum atomic E-state index is -4.56. The van der Waals surface area contributed by atoms with E-state index in [2.05, 4.69) is 21.2 Å². The lowest BCUT2D eigenvalue weighted by molar-refractivity contribution is -0.149. The molecule has 1 rings (SSSR count). The van der Waals surface area contributed by atoms with Gasteiger partial charge >= 0.3 is 18.2 Å². The highest BCUT2D eigenvalue weighted by Crippen LogP contribution is 2.33. The molecule has 2 amide bonds. The second-order valence-electron chi connectivity index (χ2n) is 5.18. The molecule has 0 spiro atoms. The molecule has 0 heterocycles. The Morgan fingerprint density at radius 1 is 1.21 bits per heavy atom. The number of urea groups is 1. The summed E-state index contributed by atoms with van der Waals surface area (Å²) < 4.78 is 43.0. The quantitative estimate of drug-likeness (QED) is 0.573. The van der Waals surface area contributed by atoms with Crippen molar-refractivity contribution in [1.29, 1.82) is 0 Å². The first kappa shape index (κ1) is 20.1. The fraction of sp³-hybridized carbons (Fsp3) is 0.429. The molecule has 1 aromatic carbocycles. The fourth-order valence-corrected chi connectivity index (χ4v) is 2.03. The topological polar surface area (TPSA) is 76.7 Å². The van der Waals surface area contributed by atoms with Gasteiger partial charge < -0.3 is 14.9 Å². The smallest absolute Gasteiger partial charge is 0.416 e. The van der Waals surface area contributed by atoms with Gasteiger partial charge in [-0.25, -0.2) is 9.59 Å². The summed E-state index contributed by atoms with van der Waals surface area (Å²) >= 11 is 2.93. The van der Waals surface area contributed by atoms with Crippen molar-refractivity contribution in [1.82, 2.24) is 10.8 Å². The Labute approximate surface area is 144 Å². The molecule has 134 valence electrons. The van der Waals surface area contributed by atoms with E-state index in [0.29, 0.717) is 0 Å². The molecule has 0 saturated carbocycles. The van der Waals surface area contributed by atoms with Gasteiger partial charge in [-0.3, -0.25) is 0 Å². The number of amides is 2. The molecule has 10 heteroatoms. The zero-order valence-electron chi connectivity index (χ0n) is 13.1. The number of alkyl halides is 3. The number of ether oxygens (including phenoxy) is 1. The molecule has 24 heavy (non-hydrogen) atoms. The van der Waals surface area contributed by atoms with E-state index in [4.69, 9.17) is 9.57 Å². The van der Waals surface area contributed by atoms with Crippen molar-refractivity contribution < 1.29 is 32.3 Å². The average Bonchev–Trinajstić information content (AvgIpc) is 2.43. The zero-order chi connectivity index (χ0) is 18.5. The molecule has 2 N–H and O–H groups in total. The minimum absolute atomic E-state index is 0.126. The number of hydrogen-bond donors (Lipinski definition) is 2. The van der Waals surface area contributed by atoms with Gasteiger partial charge in [-0.05, 0) is 39.0 Å². The number of hydrogen-bond acceptors (Lipinski definition) is 4. The van der Waals surface area contributed by atoms with E-state index in [0.717, 1.165) is 12.1 Å². The Hall–Kier alpha value is -1.97. The summed E-state index contributed by atoms with van der Waals surface area (Å²) in [5, 5.41) is 2.29. The molecule has 0 unspecified atom stereocenters. The maximum absolute atomic E-state index is 12.7. The second kappa shape index (κ2) is 7.73. The third kappa shape index (κ3) is 5.91. The Morgan fingerprint density at radius 2 is 1.83 bits per heavy atom. The maximum Gasteiger partial charge on any atom is 0.416 e. The Balaban J connectivity index is 2.71. The Morgan fingerprint density at radius 3 is 2.38 bits per heavy atom. The molecular formula is C14H16BrF3N2O4. The van der Waals surface area contributed by atoms with Crippen LogP contribution in [-0.4, -0.2) is 24.1 Å². The molecule has 0 aliphatic carbocycles. The highest BCUT2D eigenvalue weighted by molar-refractivity contribution is 9.10. The van der Waals surface area contributed by atoms with Crippen molar-refractivity contribution in [3.8, 4) is 5.75 Å². The SMILES string of the molecule is CCOC(=O)C(C)(C)NC(=O)NOc1cc(Br)cc(C(F)(F)F)c1. The molecule has 1 aromatic rings. The van der Waals surface area contributed by atoms with E-state index in [-0.39, 0.29) is 16.8 Å². The maximum atomic E-state index is 12.7. The van der Waals surface area contributed by atoms with Crippen molar-refractivity contribution in [3.63, 3.8) is 0 Å². The molecule has 0 aromatic heterocycles. The van der Waals surface area contributed by atoms with Crippen LogP contribution in [0.4, 0.5) is 18.0 Å². The number of carbonyl (C=O) groups is 2. The van der Waals surface area contributed by atoms with Gasteiger partial charge in [0.1, 0.15) is 5.54 Å². The van der Waals surface area contributed by atoms with E-state index in [1.165, 1.54) is 19.9 Å². The number of nitrogens with one attached hydrogen (secondary N) is 2. The van der Waals surface area contributed by atoms with E-state index in [9.17, 15) is 22.8 Å². The normalized spacial score (nSPS) is 11.6. The number of rotatable bonds is 5. The Kier molecular flexibility index (Phi) is 6.47. The molecule has 0 saturated heterocycles. The van der Waals surface area contributed by atoms with Crippen molar-refractivity contribution in [2.24, 2.45) is 0 Å². The number of benzene rings is 1. The molecular weight excluding hydrogens is 397 g/mol. The molecule has 0 bridgehead atoms. The summed E-state index contributed by atoms with van der Waals surface area (Å²) in [6.45, 7) is 4.57. The van der Waals surface area contributed by atoms with Crippen LogP contribution >= 0.6 is 15.9 Å². The fourth-order valence-electron chi connectivity index (χ4n) is 1.56. The summed E-state index contributed by atoms with van der Waals surface area (Å²) in [6, 6.07) is 1.92. The summed E-state index contributed by atoms with van der Waals surface area (Å²) in [4.78, 5) is 28.2. The highest BCUT2D eigenvalue weighted by Gasteiger charge is 2.32. The predicted molar refractivity (Wildman–Crippen MR) is 82.2 cm³/mol. The van der Waals surface area contributed by atoms with Gasteiger partial charge in [0.2, 0.25) is 0 Å². The lowest BCUT2D eigenvalue weighted by Gasteiger charge is -2.23. The molecule has 6 nitrogen and oxygen atoms in total. The van der Waals surface area contributed by atoms with Gasteiger partial charge in [-0.2, -0.15) is 18.7 Å². The molecule has 0 atom stereocenters. The third-order valence-electron chi connectivity index (χ3n) is 2.67. The highest BCUT2D eigenvalue weighted by atomic mass is 79.9. The van der Waals surface area contributed by atoms with Crippen LogP contribution in [0.2, 0.25) is 0 Å². The lowest BCUT2D eigenvalue weighted by atomic mass is 10.1. The third-order valence-corrected chi connectivity index (χ3v) is 3.13. The van der Waals surface area contributed by atoms with Gasteiger partial charge in [-0.1, -0.05) is 15.9 Å². The van der Waals surface area contributed by atoms with E-state index >= 15 is 0 Å². The van der Waals surface area contributed by atoms with E-state index in [1.807, 2.05) is 5.48 Å². The van der Waals surface area contributed by atoms with Crippen LogP contribution in [0.3, 0.4) is 0 Å². The average molecular weight is 413 g/mol. The predicted octanol–water partition coefficient (Wildman–Crippen LogP) is 3.40. The number of esters is 1. The van der Waals surface area contributed by atoms with Gasteiger partial charge in [-0.15, -0.1) is 0 Å². The second-order valence-corrected chi connectivity index (χ2v) is 6.09. The number of carbonyl (C=O) groups excluding carboxylic acids is 2. The first-order valence-corrected chi connectivity index (χ1v) is 7.55. The first-order valence-electron chi connectivity index (χ1n) is 6.75. The van der Waals surface area contributed by atoms with E-state index in [1.54, 1.807) is 6.92 Å². The minimum Gasteiger partial charge on any atom is -0.464 e. The van der Waals surface area contributed by atoms with Crippen LogP contribution in [0.5, 0.6) is 5.75 Å². The zero-order valence-corrected chi connectivity index (χ0v) is 14.7. The van der Waals surface area contributed by atoms with Crippen LogP contribution < -0.4 is 15.6 Å². The largest absolute Gasteiger partial charge is 0.464 e. The molecule has 0 fully saturated rings. The van der Waals surface area contributed by atoms with E-state index < -0.39 is 29.3 Å². The van der Waals surface area contributed by atoms with Crippen molar-refractivity contribution in [2.75, 3.05) is 6.61 Å². The van der Waals surface area contributed by atoms with Gasteiger partial charge in [0, 0.05) is 4.47 Å². The number of hydroxylamine groups is 1. The van der Waals surface area contributed by atoms with Crippen molar-refractivity contribution >= 4 is 27.9 Å². The number of halogens is 4. The van der Waals surface area contributed by atoms with Gasteiger partial charge in [0.05, 0.1) is 12.2 Å². The molecule has 0 radical (unpaired) electrons. The lowest BCUT2D eigenvalue weighted by Crippen LogP contribution is -2.54. The van der Waals surface area contributed by atoms with Crippen LogP contribution in [0.15, 0.2) is 22.7 Å². The van der Waals surface area contributed by atoms with Crippen LogP contribution in [0.25, 0.3) is 0 Å². The van der Waals surface area contributed by atoms with Gasteiger partial charge in [0.25, 0.3) is 0 Å². The van der Waals surface area contributed by atoms with Crippen LogP contribution in [0.1, 0.15) is 26.3 Å². The van der Waals surface area contributed by atoms with Crippen LogP contribution in [-0.2, 0) is 15.7 Å². The molecule has 0 aliphatic rings. The summed E-state index contributed by atoms with van der Waals surface area (Å²) in [5.74, 6) is -0.900. The molecule has 0 aliphatic heterocycles. The Bertz CT molecular complexity index is 621. The summed E-state index contributed by atoms with van der Waals surface area (Å²) in [5.41, 5.74) is -0.367. The van der Waals surface area contributed by atoms with Crippen LogP contribution in [0, 0.1) is 0 Å². The standard InChI is InChI=1S/C14H16BrF3N2O4/c1-4-23-11(21)13(2,3)19-12(22)20-24-10-6-8(14(16,17)18)5-9(15)7-10/h5-7H,4H2,1-3H3,(H2,19,20,22). The summed E-state index contributed by atoms with van der Waals surface area (Å²) in [7, 11) is 0. The summed E-state index contributed by atoms with van der Waals surface area (Å²) in [6.07, 6.45) is -4.56. The van der Waals surface area contributed by atoms with Crippen molar-refractivity contribution in [3.05, 3.63) is 28.2 Å². The first-order chi connectivity index (χ1) is 11.0.